The van der Waals surface area contributed by atoms with Gasteiger partial charge in [-0.3, -0.25) is 9.59 Å². The van der Waals surface area contributed by atoms with E-state index in [1.165, 1.54) is 6.92 Å². The van der Waals surface area contributed by atoms with E-state index in [9.17, 15) is 9.59 Å². The molecule has 0 aliphatic carbocycles. The molecule has 92 valence electrons. The van der Waals surface area contributed by atoms with Gasteiger partial charge in [-0.2, -0.15) is 0 Å². The molecule has 1 rings (SSSR count). The highest BCUT2D eigenvalue weighted by Crippen LogP contribution is 2.16. The van der Waals surface area contributed by atoms with Gasteiger partial charge in [0.15, 0.2) is 0 Å². The van der Waals surface area contributed by atoms with Crippen molar-refractivity contribution < 1.29 is 9.59 Å². The van der Waals surface area contributed by atoms with Gasteiger partial charge in [0.25, 0.3) is 5.91 Å². The maximum absolute atomic E-state index is 11.1. The topological polar surface area (TPSA) is 110 Å². The Morgan fingerprint density at radius 2 is 2.00 bits per heavy atom. The molecule has 17 heavy (non-hydrogen) atoms. The summed E-state index contributed by atoms with van der Waals surface area (Å²) in [5, 5.41) is 5.69. The second-order valence-electron chi connectivity index (χ2n) is 3.58. The van der Waals surface area contributed by atoms with Gasteiger partial charge in [0, 0.05) is 31.4 Å². The molecule has 6 nitrogen and oxygen atoms in total. The van der Waals surface area contributed by atoms with Gasteiger partial charge in [0.2, 0.25) is 5.91 Å². The molecule has 0 heterocycles. The molecule has 2 amide bonds. The summed E-state index contributed by atoms with van der Waals surface area (Å²) in [5.41, 5.74) is 12.1. The third-order valence-electron chi connectivity index (χ3n) is 2.15. The average molecular weight is 236 g/mol. The number of carbonyl (C=O) groups excluding carboxylic acids is 2. The van der Waals surface area contributed by atoms with Gasteiger partial charge in [-0.05, 0) is 18.2 Å². The van der Waals surface area contributed by atoms with Crippen LogP contribution in [0.3, 0.4) is 0 Å². The predicted octanol–water partition coefficient (Wildman–Crippen LogP) is -0.0843. The number of hydrogen-bond donors (Lipinski definition) is 4. The Morgan fingerprint density at radius 3 is 2.59 bits per heavy atom. The van der Waals surface area contributed by atoms with E-state index in [1.807, 2.05) is 0 Å². The van der Waals surface area contributed by atoms with Crippen molar-refractivity contribution in [3.8, 4) is 0 Å². The Balaban J connectivity index is 2.57. The lowest BCUT2D eigenvalue weighted by Crippen LogP contribution is -2.26. The van der Waals surface area contributed by atoms with Crippen molar-refractivity contribution in [2.45, 2.75) is 6.92 Å². The molecular weight excluding hydrogens is 220 g/mol. The summed E-state index contributed by atoms with van der Waals surface area (Å²) in [6, 6.07) is 4.95. The molecule has 6 heteroatoms. The van der Waals surface area contributed by atoms with Crippen molar-refractivity contribution in [3.05, 3.63) is 23.8 Å². The van der Waals surface area contributed by atoms with Crippen LogP contribution in [-0.2, 0) is 4.79 Å². The molecule has 0 spiro atoms. The second-order valence-corrected chi connectivity index (χ2v) is 3.58. The lowest BCUT2D eigenvalue weighted by molar-refractivity contribution is -0.118. The summed E-state index contributed by atoms with van der Waals surface area (Å²) >= 11 is 0. The number of rotatable bonds is 5. The fourth-order valence-electron chi connectivity index (χ4n) is 1.32. The molecule has 0 bridgehead atoms. The molecule has 0 aliphatic rings. The van der Waals surface area contributed by atoms with Crippen molar-refractivity contribution in [1.82, 2.24) is 5.32 Å². The number of amides is 2. The first-order valence-electron chi connectivity index (χ1n) is 5.18. The zero-order valence-corrected chi connectivity index (χ0v) is 9.62. The van der Waals surface area contributed by atoms with Crippen molar-refractivity contribution in [1.29, 1.82) is 0 Å². The maximum atomic E-state index is 11.1. The molecule has 1 aromatic rings. The van der Waals surface area contributed by atoms with Crippen molar-refractivity contribution in [2.75, 3.05) is 24.1 Å². The van der Waals surface area contributed by atoms with Gasteiger partial charge in [-0.15, -0.1) is 0 Å². The highest BCUT2D eigenvalue weighted by molar-refractivity contribution is 5.98. The van der Waals surface area contributed by atoms with Gasteiger partial charge >= 0.3 is 0 Å². The summed E-state index contributed by atoms with van der Waals surface area (Å²) in [4.78, 5) is 21.7. The minimum atomic E-state index is -0.562. The first-order valence-corrected chi connectivity index (χ1v) is 5.18. The monoisotopic (exact) mass is 236 g/mol. The van der Waals surface area contributed by atoms with E-state index in [2.05, 4.69) is 10.6 Å². The quantitative estimate of drug-likeness (QED) is 0.423. The van der Waals surface area contributed by atoms with Crippen molar-refractivity contribution in [3.63, 3.8) is 0 Å². The standard InChI is InChI=1S/C11H16N4O2/c1-7(16)14-4-5-15-8-2-3-10(12)9(6-8)11(13)17/h2-3,6,15H,4-5,12H2,1H3,(H2,13,17)(H,14,16). The molecule has 0 atom stereocenters. The maximum Gasteiger partial charge on any atom is 0.250 e. The summed E-state index contributed by atoms with van der Waals surface area (Å²) in [6.07, 6.45) is 0. The molecule has 0 aromatic heterocycles. The number of hydrogen-bond acceptors (Lipinski definition) is 4. The van der Waals surface area contributed by atoms with E-state index in [4.69, 9.17) is 11.5 Å². The summed E-state index contributed by atoms with van der Waals surface area (Å²) < 4.78 is 0. The zero-order chi connectivity index (χ0) is 12.8. The Labute approximate surface area is 99.4 Å². The molecule has 0 radical (unpaired) electrons. The van der Waals surface area contributed by atoms with E-state index in [-0.39, 0.29) is 11.5 Å². The fourth-order valence-corrected chi connectivity index (χ4v) is 1.32. The van der Waals surface area contributed by atoms with Crippen LogP contribution in [0.4, 0.5) is 11.4 Å². The Bertz CT molecular complexity index is 431. The van der Waals surface area contributed by atoms with E-state index in [0.717, 1.165) is 5.69 Å². The van der Waals surface area contributed by atoms with Crippen LogP contribution in [0.1, 0.15) is 17.3 Å². The molecule has 0 unspecified atom stereocenters. The van der Waals surface area contributed by atoms with Crippen LogP contribution >= 0.6 is 0 Å². The van der Waals surface area contributed by atoms with Crippen LogP contribution in [0.15, 0.2) is 18.2 Å². The minimum absolute atomic E-state index is 0.0815. The van der Waals surface area contributed by atoms with Gasteiger partial charge < -0.3 is 22.1 Å². The number of nitrogen functional groups attached to an aromatic ring is 1. The third-order valence-corrected chi connectivity index (χ3v) is 2.15. The van der Waals surface area contributed by atoms with Crippen LogP contribution in [0.5, 0.6) is 0 Å². The van der Waals surface area contributed by atoms with E-state index < -0.39 is 5.91 Å². The van der Waals surface area contributed by atoms with E-state index in [1.54, 1.807) is 18.2 Å². The molecule has 0 fully saturated rings. The number of primary amides is 1. The highest BCUT2D eigenvalue weighted by atomic mass is 16.1. The largest absolute Gasteiger partial charge is 0.398 e. The summed E-state index contributed by atoms with van der Waals surface area (Å²) in [5.74, 6) is -0.644. The van der Waals surface area contributed by atoms with Crippen LogP contribution in [0, 0.1) is 0 Å². The van der Waals surface area contributed by atoms with Crippen LogP contribution in [0.25, 0.3) is 0 Å². The SMILES string of the molecule is CC(=O)NCCNc1ccc(N)c(C(N)=O)c1. The van der Waals surface area contributed by atoms with Crippen molar-refractivity contribution >= 4 is 23.2 Å². The number of anilines is 2. The minimum Gasteiger partial charge on any atom is -0.398 e. The first-order chi connectivity index (χ1) is 8.00. The Kier molecular flexibility index (Phi) is 4.33. The molecule has 0 saturated carbocycles. The van der Waals surface area contributed by atoms with Crippen LogP contribution < -0.4 is 22.1 Å². The molecule has 6 N–H and O–H groups in total. The first kappa shape index (κ1) is 12.8. The lowest BCUT2D eigenvalue weighted by atomic mass is 10.1. The highest BCUT2D eigenvalue weighted by Gasteiger charge is 2.06. The van der Waals surface area contributed by atoms with E-state index in [0.29, 0.717) is 18.8 Å². The zero-order valence-electron chi connectivity index (χ0n) is 9.62. The van der Waals surface area contributed by atoms with Crippen LogP contribution in [0.2, 0.25) is 0 Å². The van der Waals surface area contributed by atoms with Gasteiger partial charge in [0.05, 0.1) is 5.56 Å². The Hall–Kier alpha value is -2.24. The summed E-state index contributed by atoms with van der Waals surface area (Å²) in [6.45, 7) is 2.52. The lowest BCUT2D eigenvalue weighted by Gasteiger charge is -2.09. The second kappa shape index (κ2) is 5.74. The number of benzene rings is 1. The van der Waals surface area contributed by atoms with Gasteiger partial charge in [0.1, 0.15) is 0 Å². The van der Waals surface area contributed by atoms with Crippen molar-refractivity contribution in [2.24, 2.45) is 5.73 Å². The molecular formula is C11H16N4O2. The molecule has 1 aromatic carbocycles. The predicted molar refractivity (Wildman–Crippen MR) is 66.5 cm³/mol. The third kappa shape index (κ3) is 4.02. The molecule has 0 saturated heterocycles. The normalized spacial score (nSPS) is 9.71. The summed E-state index contributed by atoms with van der Waals surface area (Å²) in [7, 11) is 0. The van der Waals surface area contributed by atoms with Gasteiger partial charge in [-0.1, -0.05) is 0 Å². The molecule has 0 aliphatic heterocycles. The van der Waals surface area contributed by atoms with E-state index >= 15 is 0 Å². The average Bonchev–Trinajstić information content (AvgIpc) is 2.25. The van der Waals surface area contributed by atoms with Crippen LogP contribution in [-0.4, -0.2) is 24.9 Å². The number of nitrogens with one attached hydrogen (secondary N) is 2. The smallest absolute Gasteiger partial charge is 0.250 e. The Morgan fingerprint density at radius 1 is 1.29 bits per heavy atom. The fraction of sp³-hybridized carbons (Fsp3) is 0.273. The number of nitrogens with two attached hydrogens (primary N) is 2. The number of carbonyl (C=O) groups is 2. The van der Waals surface area contributed by atoms with Gasteiger partial charge in [-0.25, -0.2) is 0 Å².